The number of nitrogens with zero attached hydrogens (tertiary/aromatic N) is 2. The second-order valence-electron chi connectivity index (χ2n) is 6.19. The van der Waals surface area contributed by atoms with Crippen molar-refractivity contribution in [1.82, 2.24) is 9.97 Å². The van der Waals surface area contributed by atoms with E-state index >= 15 is 0 Å². The van der Waals surface area contributed by atoms with Crippen LogP contribution >= 0.6 is 0 Å². The molecule has 3 rings (SSSR count). The van der Waals surface area contributed by atoms with Gasteiger partial charge in [0.15, 0.2) is 0 Å². The lowest BCUT2D eigenvalue weighted by atomic mass is 9.96. The summed E-state index contributed by atoms with van der Waals surface area (Å²) in [6, 6.07) is 7.71. The van der Waals surface area contributed by atoms with E-state index in [2.05, 4.69) is 20.6 Å². The first-order chi connectivity index (χ1) is 12.2. The molecule has 6 heteroatoms. The predicted octanol–water partition coefficient (Wildman–Crippen LogP) is 3.87. The highest BCUT2D eigenvalue weighted by Crippen LogP contribution is 2.20. The van der Waals surface area contributed by atoms with Crippen LogP contribution in [0.15, 0.2) is 36.7 Å². The lowest BCUT2D eigenvalue weighted by molar-refractivity contribution is 0.102. The molecule has 2 aromatic rings. The molecule has 25 heavy (non-hydrogen) atoms. The molecular weight excluding hydrogens is 316 g/mol. The standard InChI is InChI=1S/C19H24N4O2/c1-2-25-17-10-8-16(9-11-17)22-18(24)14-12-20-19(21-13-14)23-15-6-4-3-5-7-15/h8-13,15H,2-7H2,1H3,(H,22,24)(H,20,21,23). The van der Waals surface area contributed by atoms with Gasteiger partial charge in [-0.2, -0.15) is 0 Å². The quantitative estimate of drug-likeness (QED) is 0.835. The minimum absolute atomic E-state index is 0.228. The second kappa shape index (κ2) is 8.46. The zero-order valence-electron chi connectivity index (χ0n) is 14.5. The van der Waals surface area contributed by atoms with E-state index in [0.29, 0.717) is 29.8 Å². The fourth-order valence-electron chi connectivity index (χ4n) is 2.95. The van der Waals surface area contributed by atoms with E-state index in [1.165, 1.54) is 19.3 Å². The maximum absolute atomic E-state index is 12.3. The Balaban J connectivity index is 1.56. The summed E-state index contributed by atoms with van der Waals surface area (Å²) in [6.07, 6.45) is 9.24. The zero-order chi connectivity index (χ0) is 17.5. The Morgan fingerprint density at radius 3 is 2.44 bits per heavy atom. The first-order valence-corrected chi connectivity index (χ1v) is 8.87. The summed E-state index contributed by atoms with van der Waals surface area (Å²) in [5, 5.41) is 6.18. The van der Waals surface area contributed by atoms with Gasteiger partial charge in [-0.05, 0) is 44.0 Å². The summed E-state index contributed by atoms with van der Waals surface area (Å²) in [5.74, 6) is 1.14. The predicted molar refractivity (Wildman–Crippen MR) is 98.1 cm³/mol. The van der Waals surface area contributed by atoms with Crippen molar-refractivity contribution in [2.24, 2.45) is 0 Å². The van der Waals surface area contributed by atoms with Gasteiger partial charge in [0.1, 0.15) is 5.75 Å². The summed E-state index contributed by atoms with van der Waals surface area (Å²) in [4.78, 5) is 20.8. The highest BCUT2D eigenvalue weighted by molar-refractivity contribution is 6.03. The number of nitrogens with one attached hydrogen (secondary N) is 2. The van der Waals surface area contributed by atoms with Crippen molar-refractivity contribution < 1.29 is 9.53 Å². The summed E-state index contributed by atoms with van der Waals surface area (Å²) in [6.45, 7) is 2.55. The van der Waals surface area contributed by atoms with Crippen molar-refractivity contribution in [3.8, 4) is 5.75 Å². The number of amides is 1. The molecule has 0 spiro atoms. The van der Waals surface area contributed by atoms with E-state index in [0.717, 1.165) is 18.6 Å². The van der Waals surface area contributed by atoms with Crippen LogP contribution in [0.3, 0.4) is 0 Å². The molecule has 1 aromatic heterocycles. The third-order valence-corrected chi connectivity index (χ3v) is 4.28. The van der Waals surface area contributed by atoms with E-state index in [4.69, 9.17) is 4.74 Å². The van der Waals surface area contributed by atoms with Crippen LogP contribution in [0.4, 0.5) is 11.6 Å². The molecule has 0 radical (unpaired) electrons. The molecule has 132 valence electrons. The fraction of sp³-hybridized carbons (Fsp3) is 0.421. The van der Waals surface area contributed by atoms with E-state index in [-0.39, 0.29) is 5.91 Å². The molecule has 0 unspecified atom stereocenters. The smallest absolute Gasteiger partial charge is 0.258 e. The molecule has 0 saturated heterocycles. The SMILES string of the molecule is CCOc1ccc(NC(=O)c2cnc(NC3CCCCC3)nc2)cc1. The lowest BCUT2D eigenvalue weighted by Gasteiger charge is -2.22. The molecule has 1 aliphatic carbocycles. The number of carbonyl (C=O) groups excluding carboxylic acids is 1. The number of ether oxygens (including phenoxy) is 1. The molecule has 0 bridgehead atoms. The Labute approximate surface area is 148 Å². The average Bonchev–Trinajstić information content (AvgIpc) is 2.65. The van der Waals surface area contributed by atoms with Crippen molar-refractivity contribution in [2.75, 3.05) is 17.2 Å². The monoisotopic (exact) mass is 340 g/mol. The van der Waals surface area contributed by atoms with Crippen molar-refractivity contribution in [3.05, 3.63) is 42.2 Å². The molecule has 0 aliphatic heterocycles. The molecule has 1 heterocycles. The van der Waals surface area contributed by atoms with Crippen LogP contribution in [0, 0.1) is 0 Å². The number of carbonyl (C=O) groups is 1. The van der Waals surface area contributed by atoms with Gasteiger partial charge in [-0.1, -0.05) is 19.3 Å². The van der Waals surface area contributed by atoms with Crippen LogP contribution in [0.25, 0.3) is 0 Å². The second-order valence-corrected chi connectivity index (χ2v) is 6.19. The zero-order valence-corrected chi connectivity index (χ0v) is 14.5. The Hall–Kier alpha value is -2.63. The molecule has 2 N–H and O–H groups in total. The molecule has 1 fully saturated rings. The van der Waals surface area contributed by atoms with Crippen LogP contribution in [0.5, 0.6) is 5.75 Å². The topological polar surface area (TPSA) is 76.1 Å². The molecule has 6 nitrogen and oxygen atoms in total. The Kier molecular flexibility index (Phi) is 5.82. The first-order valence-electron chi connectivity index (χ1n) is 8.87. The number of rotatable bonds is 6. The minimum Gasteiger partial charge on any atom is -0.494 e. The number of anilines is 2. The summed E-state index contributed by atoms with van der Waals surface area (Å²) >= 11 is 0. The Bertz CT molecular complexity index is 680. The van der Waals surface area contributed by atoms with Gasteiger partial charge in [0, 0.05) is 24.1 Å². The van der Waals surface area contributed by atoms with Crippen molar-refractivity contribution in [2.45, 2.75) is 45.1 Å². The van der Waals surface area contributed by atoms with E-state index in [1.54, 1.807) is 12.4 Å². The maximum atomic E-state index is 12.3. The summed E-state index contributed by atoms with van der Waals surface area (Å²) in [5.41, 5.74) is 1.14. The van der Waals surface area contributed by atoms with Crippen LogP contribution in [-0.4, -0.2) is 28.5 Å². The fourth-order valence-corrected chi connectivity index (χ4v) is 2.95. The van der Waals surface area contributed by atoms with Gasteiger partial charge < -0.3 is 15.4 Å². The van der Waals surface area contributed by atoms with E-state index in [1.807, 2.05) is 31.2 Å². The normalized spacial score (nSPS) is 14.8. The van der Waals surface area contributed by atoms with Crippen LogP contribution < -0.4 is 15.4 Å². The largest absolute Gasteiger partial charge is 0.494 e. The van der Waals surface area contributed by atoms with Crippen molar-refractivity contribution in [1.29, 1.82) is 0 Å². The highest BCUT2D eigenvalue weighted by Gasteiger charge is 2.14. The molecule has 1 aromatic carbocycles. The van der Waals surface area contributed by atoms with Gasteiger partial charge in [-0.3, -0.25) is 4.79 Å². The van der Waals surface area contributed by atoms with Gasteiger partial charge in [0.2, 0.25) is 5.95 Å². The van der Waals surface area contributed by atoms with Crippen LogP contribution in [0.1, 0.15) is 49.4 Å². The van der Waals surface area contributed by atoms with E-state index in [9.17, 15) is 4.79 Å². The van der Waals surface area contributed by atoms with Gasteiger partial charge in [0.05, 0.1) is 12.2 Å². The Morgan fingerprint density at radius 2 is 1.80 bits per heavy atom. The first kappa shape index (κ1) is 17.2. The van der Waals surface area contributed by atoms with Crippen molar-refractivity contribution >= 4 is 17.5 Å². The Morgan fingerprint density at radius 1 is 1.12 bits per heavy atom. The number of benzene rings is 1. The average molecular weight is 340 g/mol. The van der Waals surface area contributed by atoms with E-state index < -0.39 is 0 Å². The molecule has 1 amide bonds. The number of hydrogen-bond donors (Lipinski definition) is 2. The third kappa shape index (κ3) is 4.92. The van der Waals surface area contributed by atoms with Gasteiger partial charge in [-0.15, -0.1) is 0 Å². The summed E-state index contributed by atoms with van der Waals surface area (Å²) in [7, 11) is 0. The highest BCUT2D eigenvalue weighted by atomic mass is 16.5. The molecule has 1 saturated carbocycles. The minimum atomic E-state index is -0.228. The number of hydrogen-bond acceptors (Lipinski definition) is 5. The van der Waals surface area contributed by atoms with Crippen LogP contribution in [-0.2, 0) is 0 Å². The molecule has 0 atom stereocenters. The van der Waals surface area contributed by atoms with Gasteiger partial charge >= 0.3 is 0 Å². The number of aromatic nitrogens is 2. The van der Waals surface area contributed by atoms with Gasteiger partial charge in [0.25, 0.3) is 5.91 Å². The maximum Gasteiger partial charge on any atom is 0.258 e. The molecular formula is C19H24N4O2. The van der Waals surface area contributed by atoms with Gasteiger partial charge in [-0.25, -0.2) is 9.97 Å². The molecule has 1 aliphatic rings. The van der Waals surface area contributed by atoms with Crippen molar-refractivity contribution in [3.63, 3.8) is 0 Å². The lowest BCUT2D eigenvalue weighted by Crippen LogP contribution is -2.23. The summed E-state index contributed by atoms with van der Waals surface area (Å²) < 4.78 is 5.39. The third-order valence-electron chi connectivity index (χ3n) is 4.28. The van der Waals surface area contributed by atoms with Crippen LogP contribution in [0.2, 0.25) is 0 Å².